The Bertz CT molecular complexity index is 391. The normalized spacial score (nSPS) is 20.7. The molecular weight excluding hydrogens is 268 g/mol. The van der Waals surface area contributed by atoms with E-state index in [1.165, 1.54) is 12.8 Å². The lowest BCUT2D eigenvalue weighted by molar-refractivity contribution is -0.119. The molecule has 5 nitrogen and oxygen atoms in total. The molecule has 1 aliphatic heterocycles. The van der Waals surface area contributed by atoms with Crippen molar-refractivity contribution in [2.24, 2.45) is 0 Å². The van der Waals surface area contributed by atoms with Crippen LogP contribution in [0.2, 0.25) is 0 Å². The highest BCUT2D eigenvalue weighted by Gasteiger charge is 2.37. The average Bonchev–Trinajstić information content (AvgIpc) is 3.18. The van der Waals surface area contributed by atoms with Crippen LogP contribution in [0, 0.1) is 0 Å². The first-order valence-electron chi connectivity index (χ1n) is 7.99. The Morgan fingerprint density at radius 3 is 2.05 bits per heavy atom. The molecule has 0 spiro atoms. The van der Waals surface area contributed by atoms with Crippen LogP contribution in [0.15, 0.2) is 0 Å². The molecule has 0 atom stereocenters. The first kappa shape index (κ1) is 16.3. The van der Waals surface area contributed by atoms with Crippen molar-refractivity contribution in [1.29, 1.82) is 0 Å². The summed E-state index contributed by atoms with van der Waals surface area (Å²) in [6.45, 7) is 9.33. The smallest absolute Gasteiger partial charge is 0.410 e. The van der Waals surface area contributed by atoms with Gasteiger partial charge in [0.15, 0.2) is 0 Å². The van der Waals surface area contributed by atoms with Crippen LogP contribution in [0.25, 0.3) is 0 Å². The maximum Gasteiger partial charge on any atom is 0.410 e. The topological polar surface area (TPSA) is 49.9 Å². The van der Waals surface area contributed by atoms with Crippen LogP contribution < -0.4 is 0 Å². The van der Waals surface area contributed by atoms with Gasteiger partial charge in [0, 0.05) is 25.2 Å². The average molecular weight is 296 g/mol. The first-order valence-corrected chi connectivity index (χ1v) is 7.99. The summed E-state index contributed by atoms with van der Waals surface area (Å²) in [5.74, 6) is 0.233. The molecule has 0 aromatic carbocycles. The fourth-order valence-electron chi connectivity index (χ4n) is 2.93. The second-order valence-corrected chi connectivity index (χ2v) is 7.30. The van der Waals surface area contributed by atoms with Crippen molar-refractivity contribution in [1.82, 2.24) is 9.80 Å². The Hall–Kier alpha value is -1.10. The van der Waals surface area contributed by atoms with E-state index in [-0.39, 0.29) is 11.9 Å². The van der Waals surface area contributed by atoms with Crippen LogP contribution in [0.5, 0.6) is 0 Å². The molecule has 1 aliphatic carbocycles. The number of Topliss-reactive ketones (excluding diaryl/α,β-unsaturated/α-hetero) is 1. The summed E-state index contributed by atoms with van der Waals surface area (Å²) in [5, 5.41) is 0. The van der Waals surface area contributed by atoms with Crippen LogP contribution in [-0.4, -0.2) is 59.0 Å². The van der Waals surface area contributed by atoms with E-state index in [0.29, 0.717) is 18.6 Å². The van der Waals surface area contributed by atoms with Crippen LogP contribution in [-0.2, 0) is 9.53 Å². The fraction of sp³-hybridized carbons (Fsp3) is 0.875. The molecule has 0 radical (unpaired) electrons. The van der Waals surface area contributed by atoms with E-state index >= 15 is 0 Å². The number of ketones is 1. The monoisotopic (exact) mass is 296 g/mol. The van der Waals surface area contributed by atoms with Crippen LogP contribution in [0.4, 0.5) is 4.79 Å². The highest BCUT2D eigenvalue weighted by molar-refractivity contribution is 5.77. The maximum absolute atomic E-state index is 12.1. The summed E-state index contributed by atoms with van der Waals surface area (Å²) < 4.78 is 5.42. The highest BCUT2D eigenvalue weighted by Crippen LogP contribution is 2.31. The Morgan fingerprint density at radius 2 is 1.62 bits per heavy atom. The molecular formula is C16H28N2O3. The van der Waals surface area contributed by atoms with Gasteiger partial charge in [0.25, 0.3) is 0 Å². The molecule has 1 heterocycles. The molecule has 2 fully saturated rings. The molecule has 1 amide bonds. The van der Waals surface area contributed by atoms with Gasteiger partial charge in [-0.3, -0.25) is 9.69 Å². The molecule has 0 N–H and O–H groups in total. The number of hydrogen-bond acceptors (Lipinski definition) is 4. The van der Waals surface area contributed by atoms with Gasteiger partial charge < -0.3 is 9.64 Å². The van der Waals surface area contributed by atoms with Crippen molar-refractivity contribution < 1.29 is 14.3 Å². The van der Waals surface area contributed by atoms with Gasteiger partial charge in [-0.15, -0.1) is 0 Å². The van der Waals surface area contributed by atoms with Crippen molar-refractivity contribution in [2.45, 2.75) is 71.1 Å². The van der Waals surface area contributed by atoms with Crippen molar-refractivity contribution in [2.75, 3.05) is 19.6 Å². The molecule has 1 saturated carbocycles. The van der Waals surface area contributed by atoms with Gasteiger partial charge in [0.2, 0.25) is 0 Å². The van der Waals surface area contributed by atoms with Gasteiger partial charge in [0.1, 0.15) is 11.4 Å². The third-order valence-electron chi connectivity index (χ3n) is 4.01. The SMILES string of the molecule is CC(=O)CN(C1CC1)C1CCN(C(=O)OC(C)(C)C)CC1. The molecule has 1 saturated heterocycles. The van der Waals surface area contributed by atoms with Crippen molar-refractivity contribution in [3.05, 3.63) is 0 Å². The summed E-state index contributed by atoms with van der Waals surface area (Å²) >= 11 is 0. The number of carbonyl (C=O) groups is 2. The standard InChI is InChI=1S/C16H28N2O3/c1-12(19)11-18(13-5-6-13)14-7-9-17(10-8-14)15(20)21-16(2,3)4/h13-14H,5-11H2,1-4H3. The largest absolute Gasteiger partial charge is 0.444 e. The zero-order valence-corrected chi connectivity index (χ0v) is 13.7. The van der Waals surface area contributed by atoms with Gasteiger partial charge >= 0.3 is 6.09 Å². The van der Waals surface area contributed by atoms with E-state index in [1.54, 1.807) is 11.8 Å². The lowest BCUT2D eigenvalue weighted by Gasteiger charge is -2.38. The molecule has 2 aliphatic rings. The predicted molar refractivity (Wildman–Crippen MR) is 81.2 cm³/mol. The molecule has 0 aromatic heterocycles. The minimum atomic E-state index is -0.442. The number of piperidine rings is 1. The van der Waals surface area contributed by atoms with Crippen molar-refractivity contribution in [3.63, 3.8) is 0 Å². The number of rotatable bonds is 4. The molecule has 0 bridgehead atoms. The predicted octanol–water partition coefficient (Wildman–Crippen LogP) is 2.44. The van der Waals surface area contributed by atoms with E-state index in [2.05, 4.69) is 4.90 Å². The third kappa shape index (κ3) is 4.99. The number of carbonyl (C=O) groups excluding carboxylic acids is 2. The van der Waals surface area contributed by atoms with Crippen molar-refractivity contribution in [3.8, 4) is 0 Å². The fourth-order valence-corrected chi connectivity index (χ4v) is 2.93. The number of nitrogens with zero attached hydrogens (tertiary/aromatic N) is 2. The number of likely N-dealkylation sites (tertiary alicyclic amines) is 1. The molecule has 0 aromatic rings. The summed E-state index contributed by atoms with van der Waals surface area (Å²) in [5.41, 5.74) is -0.442. The highest BCUT2D eigenvalue weighted by atomic mass is 16.6. The summed E-state index contributed by atoms with van der Waals surface area (Å²) in [7, 11) is 0. The molecule has 2 rings (SSSR count). The van der Waals surface area contributed by atoms with Gasteiger partial charge in [-0.05, 0) is 53.4 Å². The number of amides is 1. The quantitative estimate of drug-likeness (QED) is 0.799. The first-order chi connectivity index (χ1) is 9.76. The van der Waals surface area contributed by atoms with E-state index in [4.69, 9.17) is 4.74 Å². The molecule has 5 heteroatoms. The lowest BCUT2D eigenvalue weighted by atomic mass is 10.0. The molecule has 21 heavy (non-hydrogen) atoms. The Morgan fingerprint density at radius 1 is 1.10 bits per heavy atom. The molecule has 0 unspecified atom stereocenters. The minimum Gasteiger partial charge on any atom is -0.444 e. The van der Waals surface area contributed by atoms with Crippen LogP contribution in [0.1, 0.15) is 53.4 Å². The summed E-state index contributed by atoms with van der Waals surface area (Å²) in [4.78, 5) is 27.6. The lowest BCUT2D eigenvalue weighted by Crippen LogP contribution is -2.49. The van der Waals surface area contributed by atoms with Gasteiger partial charge in [-0.25, -0.2) is 4.79 Å². The Labute approximate surface area is 127 Å². The maximum atomic E-state index is 12.1. The van der Waals surface area contributed by atoms with Crippen molar-refractivity contribution >= 4 is 11.9 Å². The second-order valence-electron chi connectivity index (χ2n) is 7.30. The second kappa shape index (κ2) is 6.34. The van der Waals surface area contributed by atoms with E-state index in [1.807, 2.05) is 20.8 Å². The zero-order valence-electron chi connectivity index (χ0n) is 13.7. The van der Waals surface area contributed by atoms with Crippen LogP contribution >= 0.6 is 0 Å². The number of hydrogen-bond donors (Lipinski definition) is 0. The summed E-state index contributed by atoms with van der Waals surface area (Å²) in [6.07, 6.45) is 4.07. The minimum absolute atomic E-state index is 0.217. The van der Waals surface area contributed by atoms with Gasteiger partial charge in [-0.2, -0.15) is 0 Å². The van der Waals surface area contributed by atoms with E-state index in [0.717, 1.165) is 25.9 Å². The van der Waals surface area contributed by atoms with E-state index in [9.17, 15) is 9.59 Å². The summed E-state index contributed by atoms with van der Waals surface area (Å²) in [6, 6.07) is 1.02. The number of ether oxygens (including phenoxy) is 1. The Kier molecular flexibility index (Phi) is 4.91. The van der Waals surface area contributed by atoms with E-state index < -0.39 is 5.60 Å². The van der Waals surface area contributed by atoms with Gasteiger partial charge in [-0.1, -0.05) is 0 Å². The van der Waals surface area contributed by atoms with Crippen LogP contribution in [0.3, 0.4) is 0 Å². The zero-order chi connectivity index (χ0) is 15.6. The molecule has 120 valence electrons. The van der Waals surface area contributed by atoms with Gasteiger partial charge in [0.05, 0.1) is 6.54 Å². The Balaban J connectivity index is 1.84. The third-order valence-corrected chi connectivity index (χ3v) is 4.01.